The molecule has 1 aromatic carbocycles. The first-order chi connectivity index (χ1) is 8.36. The second-order valence-electron chi connectivity index (χ2n) is 5.68. The number of hydrogen-bond donors (Lipinski definition) is 2. The van der Waals surface area contributed by atoms with E-state index < -0.39 is 6.04 Å². The summed E-state index contributed by atoms with van der Waals surface area (Å²) in [4.78, 5) is 11.9. The highest BCUT2D eigenvalue weighted by atomic mass is 35.5. The van der Waals surface area contributed by atoms with Gasteiger partial charge in [-0.05, 0) is 23.0 Å². The molecule has 0 saturated carbocycles. The molecule has 0 unspecified atom stereocenters. The largest absolute Gasteiger partial charge is 0.351 e. The van der Waals surface area contributed by atoms with Gasteiger partial charge in [0, 0.05) is 6.54 Å². The van der Waals surface area contributed by atoms with Gasteiger partial charge < -0.3 is 11.1 Å². The molecule has 1 atom stereocenters. The second-order valence-corrected chi connectivity index (χ2v) is 5.68. The van der Waals surface area contributed by atoms with Crippen molar-refractivity contribution >= 4 is 18.3 Å². The summed E-state index contributed by atoms with van der Waals surface area (Å²) in [6.07, 6.45) is 0.970. The van der Waals surface area contributed by atoms with Crippen LogP contribution in [0.4, 0.5) is 0 Å². The molecule has 0 aliphatic heterocycles. The maximum absolute atomic E-state index is 11.9. The van der Waals surface area contributed by atoms with Gasteiger partial charge in [0.25, 0.3) is 0 Å². The molecule has 19 heavy (non-hydrogen) atoms. The monoisotopic (exact) mass is 284 g/mol. The Morgan fingerprint density at radius 2 is 1.79 bits per heavy atom. The normalized spacial score (nSPS) is 12.5. The Labute approximate surface area is 122 Å². The third-order valence-corrected chi connectivity index (χ3v) is 3.17. The smallest absolute Gasteiger partial charge is 0.237 e. The summed E-state index contributed by atoms with van der Waals surface area (Å²) >= 11 is 0. The zero-order valence-corrected chi connectivity index (χ0v) is 13.0. The fraction of sp³-hybridized carbons (Fsp3) is 0.533. The summed E-state index contributed by atoms with van der Waals surface area (Å²) in [5.74, 6) is -0.0894. The summed E-state index contributed by atoms with van der Waals surface area (Å²) in [5.41, 5.74) is 8.13. The third-order valence-electron chi connectivity index (χ3n) is 3.17. The van der Waals surface area contributed by atoms with Crippen LogP contribution in [0.2, 0.25) is 0 Å². The van der Waals surface area contributed by atoms with Gasteiger partial charge in [0.1, 0.15) is 0 Å². The van der Waals surface area contributed by atoms with Gasteiger partial charge in [0.15, 0.2) is 0 Å². The Morgan fingerprint density at radius 3 is 2.26 bits per heavy atom. The van der Waals surface area contributed by atoms with E-state index in [0.717, 1.165) is 12.0 Å². The quantitative estimate of drug-likeness (QED) is 0.893. The molecule has 1 aromatic rings. The predicted molar refractivity (Wildman–Crippen MR) is 82.3 cm³/mol. The molecular formula is C15H25ClN2O. The SMILES string of the molecule is CCc1ccccc1CNC(=O)[C@@H](N)C(C)(C)C.Cl. The van der Waals surface area contributed by atoms with E-state index in [2.05, 4.69) is 18.3 Å². The van der Waals surface area contributed by atoms with Crippen LogP contribution >= 0.6 is 12.4 Å². The number of nitrogens with one attached hydrogen (secondary N) is 1. The molecule has 0 heterocycles. The molecule has 0 bridgehead atoms. The van der Waals surface area contributed by atoms with Gasteiger partial charge in [-0.1, -0.05) is 52.0 Å². The number of rotatable bonds is 4. The highest BCUT2D eigenvalue weighted by Gasteiger charge is 2.27. The van der Waals surface area contributed by atoms with Crippen molar-refractivity contribution < 1.29 is 4.79 Å². The van der Waals surface area contributed by atoms with E-state index in [9.17, 15) is 4.79 Å². The van der Waals surface area contributed by atoms with Crippen LogP contribution in [0, 0.1) is 5.41 Å². The molecule has 4 heteroatoms. The van der Waals surface area contributed by atoms with Crippen LogP contribution in [-0.4, -0.2) is 11.9 Å². The minimum Gasteiger partial charge on any atom is -0.351 e. The number of halogens is 1. The van der Waals surface area contributed by atoms with Gasteiger partial charge in [0.05, 0.1) is 6.04 Å². The van der Waals surface area contributed by atoms with Crippen LogP contribution in [0.5, 0.6) is 0 Å². The van der Waals surface area contributed by atoms with E-state index in [1.165, 1.54) is 5.56 Å². The first-order valence-corrected chi connectivity index (χ1v) is 6.46. The van der Waals surface area contributed by atoms with Crippen LogP contribution in [0.1, 0.15) is 38.8 Å². The lowest BCUT2D eigenvalue weighted by molar-refractivity contribution is -0.124. The van der Waals surface area contributed by atoms with Gasteiger partial charge in [-0.15, -0.1) is 12.4 Å². The van der Waals surface area contributed by atoms with Crippen molar-refractivity contribution in [2.45, 2.75) is 46.7 Å². The second kappa shape index (κ2) is 7.51. The number of benzene rings is 1. The van der Waals surface area contributed by atoms with Crippen molar-refractivity contribution in [2.75, 3.05) is 0 Å². The third kappa shape index (κ3) is 5.21. The molecule has 0 saturated heterocycles. The molecule has 0 aliphatic rings. The topological polar surface area (TPSA) is 55.1 Å². The van der Waals surface area contributed by atoms with Crippen molar-refractivity contribution in [3.8, 4) is 0 Å². The Morgan fingerprint density at radius 1 is 1.26 bits per heavy atom. The van der Waals surface area contributed by atoms with Crippen molar-refractivity contribution in [3.05, 3.63) is 35.4 Å². The minimum absolute atomic E-state index is 0. The van der Waals surface area contributed by atoms with Crippen molar-refractivity contribution in [3.63, 3.8) is 0 Å². The van der Waals surface area contributed by atoms with Crippen LogP contribution in [-0.2, 0) is 17.8 Å². The Balaban J connectivity index is 0.00000324. The lowest BCUT2D eigenvalue weighted by atomic mass is 9.87. The number of carbonyl (C=O) groups excluding carboxylic acids is 1. The number of aryl methyl sites for hydroxylation is 1. The van der Waals surface area contributed by atoms with Gasteiger partial charge in [-0.2, -0.15) is 0 Å². The van der Waals surface area contributed by atoms with Crippen LogP contribution in [0.25, 0.3) is 0 Å². The van der Waals surface area contributed by atoms with Gasteiger partial charge in [-0.25, -0.2) is 0 Å². The number of amides is 1. The van der Waals surface area contributed by atoms with Crippen molar-refractivity contribution in [1.82, 2.24) is 5.32 Å². The minimum atomic E-state index is -0.480. The van der Waals surface area contributed by atoms with E-state index in [0.29, 0.717) is 6.54 Å². The van der Waals surface area contributed by atoms with Crippen LogP contribution in [0.15, 0.2) is 24.3 Å². The maximum atomic E-state index is 11.9. The zero-order valence-electron chi connectivity index (χ0n) is 12.2. The molecule has 0 aromatic heterocycles. The number of carbonyl (C=O) groups is 1. The molecule has 1 rings (SSSR count). The average Bonchev–Trinajstić information content (AvgIpc) is 2.34. The lowest BCUT2D eigenvalue weighted by Crippen LogP contribution is -2.48. The zero-order chi connectivity index (χ0) is 13.8. The molecule has 3 N–H and O–H groups in total. The molecule has 1 amide bonds. The standard InChI is InChI=1S/C15H24N2O.ClH/c1-5-11-8-6-7-9-12(11)10-17-14(18)13(16)15(2,3)4;/h6-9,13H,5,10,16H2,1-4H3,(H,17,18);1H/t13-;/m1./s1. The van der Waals surface area contributed by atoms with Gasteiger partial charge >= 0.3 is 0 Å². The molecular weight excluding hydrogens is 260 g/mol. The predicted octanol–water partition coefficient (Wildman–Crippen LogP) is 2.66. The summed E-state index contributed by atoms with van der Waals surface area (Å²) in [5, 5.41) is 2.92. The fourth-order valence-electron chi connectivity index (χ4n) is 1.76. The van der Waals surface area contributed by atoms with Crippen molar-refractivity contribution in [1.29, 1.82) is 0 Å². The molecule has 0 spiro atoms. The lowest BCUT2D eigenvalue weighted by Gasteiger charge is -2.26. The molecule has 3 nitrogen and oxygen atoms in total. The van der Waals surface area contributed by atoms with Crippen molar-refractivity contribution in [2.24, 2.45) is 11.1 Å². The van der Waals surface area contributed by atoms with Crippen LogP contribution < -0.4 is 11.1 Å². The van der Waals surface area contributed by atoms with E-state index in [-0.39, 0.29) is 23.7 Å². The highest BCUT2D eigenvalue weighted by Crippen LogP contribution is 2.17. The van der Waals surface area contributed by atoms with E-state index >= 15 is 0 Å². The molecule has 0 radical (unpaired) electrons. The summed E-state index contributed by atoms with van der Waals surface area (Å²) in [6, 6.07) is 7.66. The first-order valence-electron chi connectivity index (χ1n) is 6.46. The Hall–Kier alpha value is -1.06. The summed E-state index contributed by atoms with van der Waals surface area (Å²) in [7, 11) is 0. The van der Waals surface area contributed by atoms with Gasteiger partial charge in [-0.3, -0.25) is 4.79 Å². The average molecular weight is 285 g/mol. The highest BCUT2D eigenvalue weighted by molar-refractivity contribution is 5.85. The molecule has 0 aliphatic carbocycles. The number of hydrogen-bond acceptors (Lipinski definition) is 2. The molecule has 108 valence electrons. The van der Waals surface area contributed by atoms with Gasteiger partial charge in [0.2, 0.25) is 5.91 Å². The van der Waals surface area contributed by atoms with Crippen LogP contribution in [0.3, 0.4) is 0 Å². The van der Waals surface area contributed by atoms with E-state index in [1.54, 1.807) is 0 Å². The Kier molecular flexibility index (Phi) is 7.09. The Bertz CT molecular complexity index is 413. The van der Waals surface area contributed by atoms with E-state index in [1.807, 2.05) is 39.0 Å². The van der Waals surface area contributed by atoms with E-state index in [4.69, 9.17) is 5.73 Å². The summed E-state index contributed by atoms with van der Waals surface area (Å²) in [6.45, 7) is 8.57. The first kappa shape index (κ1) is 17.9. The maximum Gasteiger partial charge on any atom is 0.237 e. The number of nitrogens with two attached hydrogens (primary N) is 1. The fourth-order valence-corrected chi connectivity index (χ4v) is 1.76. The summed E-state index contributed by atoms with van der Waals surface area (Å²) < 4.78 is 0. The molecule has 0 fully saturated rings.